The second kappa shape index (κ2) is 18.8. The Morgan fingerprint density at radius 3 is 2.04 bits per heavy atom. The molecule has 1 N–H and O–H groups in total. The van der Waals surface area contributed by atoms with E-state index in [0.29, 0.717) is 19.3 Å². The van der Waals surface area contributed by atoms with Crippen LogP contribution < -0.4 is 9.47 Å². The molecule has 9 nitrogen and oxygen atoms in total. The first-order chi connectivity index (χ1) is 21.3. The maximum absolute atomic E-state index is 13.7. The maximum atomic E-state index is 13.7. The molecule has 0 aliphatic carbocycles. The molecule has 0 saturated carbocycles. The van der Waals surface area contributed by atoms with E-state index in [9.17, 15) is 22.8 Å². The van der Waals surface area contributed by atoms with Crippen molar-refractivity contribution in [3.05, 3.63) is 90.0 Å². The second-order valence-electron chi connectivity index (χ2n) is 11.5. The van der Waals surface area contributed by atoms with E-state index in [4.69, 9.17) is 9.47 Å². The van der Waals surface area contributed by atoms with Gasteiger partial charge in [0.25, 0.3) is 0 Å². The molecule has 2 atom stereocenters. The molecule has 0 saturated heterocycles. The van der Waals surface area contributed by atoms with Crippen LogP contribution in [0.25, 0.3) is 0 Å². The Hall–Kier alpha value is -3.11. The van der Waals surface area contributed by atoms with Gasteiger partial charge in [-0.2, -0.15) is 0 Å². The molecule has 3 aromatic rings. The number of methoxy groups -OCH3 is 1. The van der Waals surface area contributed by atoms with E-state index in [1.165, 1.54) is 35.2 Å². The molecule has 0 aromatic heterocycles. The van der Waals surface area contributed by atoms with Crippen molar-refractivity contribution in [3.8, 4) is 11.5 Å². The van der Waals surface area contributed by atoms with Gasteiger partial charge in [0.1, 0.15) is 7.14 Å². The molecule has 3 rings (SSSR count). The summed E-state index contributed by atoms with van der Waals surface area (Å²) in [7, 11) is -4.65. The van der Waals surface area contributed by atoms with Crippen LogP contribution in [0.2, 0.25) is 0 Å². The van der Waals surface area contributed by atoms with Gasteiger partial charge in [-0.05, 0) is 25.3 Å². The van der Waals surface area contributed by atoms with Crippen LogP contribution in [0.4, 0.5) is 0 Å². The van der Waals surface area contributed by atoms with Crippen LogP contribution in [0.15, 0.2) is 88.8 Å². The Morgan fingerprint density at radius 2 is 1.56 bits per heavy atom. The number of nitrogens with zero attached hydrogens (tertiary/aromatic N) is 2. The SMILES string of the molecule is CCc1ccccc1.COc1ccc(S(=O)(=O)N(CC(C)C)C[C@@H](O)[C@H](Cc2ccccc2)N=CB=O)cc1OCP(C)(C)=O. The standard InChI is InChI=1S/C25H36BN2O7PS.C8H10/c1-19(2)15-28(16-23(29)22(27-17-26-30)13-20-9-7-6-8-10-20)37(32,33)21-11-12-24(34-3)25(14-21)35-18-36(4,5)31;1-2-8-6-4-3-5-7-8/h6-12,14,17,19,22-23,29H,13,15-16,18H2,1-5H3;3-7H,2H2,1H3/t22-,23+;/m0./s1. The van der Waals surface area contributed by atoms with Crippen LogP contribution in [-0.4, -0.2) is 83.1 Å². The molecule has 3 aromatic carbocycles. The molecule has 45 heavy (non-hydrogen) atoms. The summed E-state index contributed by atoms with van der Waals surface area (Å²) in [4.78, 5) is 4.13. The number of rotatable bonds is 16. The molecule has 0 amide bonds. The number of aryl methyl sites for hydroxylation is 1. The fourth-order valence-corrected chi connectivity index (χ4v) is 6.40. The zero-order valence-electron chi connectivity index (χ0n) is 27.1. The Bertz CT molecular complexity index is 1500. The van der Waals surface area contributed by atoms with Gasteiger partial charge in [-0.1, -0.05) is 37.3 Å². The number of sulfonamides is 1. The van der Waals surface area contributed by atoms with Crippen LogP contribution in [-0.2, 0) is 32.1 Å². The average molecular weight is 657 g/mol. The van der Waals surface area contributed by atoms with E-state index >= 15 is 0 Å². The fourth-order valence-electron chi connectivity index (χ4n) is 4.32. The van der Waals surface area contributed by atoms with E-state index in [0.717, 1.165) is 18.1 Å². The molecule has 0 aliphatic heterocycles. The Kier molecular flexibility index (Phi) is 15.9. The molecule has 12 heteroatoms. The predicted molar refractivity (Wildman–Crippen MR) is 182 cm³/mol. The minimum Gasteiger partial charge on any atom is -0.321 e. The minimum atomic E-state index is -4.07. The van der Waals surface area contributed by atoms with Crippen molar-refractivity contribution < 1.29 is 32.3 Å². The van der Waals surface area contributed by atoms with Crippen molar-refractivity contribution in [2.24, 2.45) is 10.9 Å². The third kappa shape index (κ3) is 13.4. The van der Waals surface area contributed by atoms with Gasteiger partial charge in [0.2, 0.25) is 0 Å². The van der Waals surface area contributed by atoms with E-state index < -0.39 is 29.3 Å². The number of hydrogen-bond donors (Lipinski definition) is 1. The summed E-state index contributed by atoms with van der Waals surface area (Å²) < 4.78 is 62.6. The predicted octanol–water partition coefficient (Wildman–Crippen LogP) is 5.60. The molecule has 0 heterocycles. The van der Waals surface area contributed by atoms with Crippen molar-refractivity contribution >= 4 is 30.4 Å². The van der Waals surface area contributed by atoms with Crippen LogP contribution in [0.5, 0.6) is 11.5 Å². The van der Waals surface area contributed by atoms with Crippen molar-refractivity contribution in [1.29, 1.82) is 0 Å². The zero-order chi connectivity index (χ0) is 33.5. The number of ether oxygens (including phenoxy) is 2. The monoisotopic (exact) mass is 656 g/mol. The van der Waals surface area contributed by atoms with Crippen LogP contribution in [0.3, 0.4) is 0 Å². The topological polar surface area (TPSA) is 123 Å². The molecule has 0 aliphatic rings. The van der Waals surface area contributed by atoms with Crippen LogP contribution >= 0.6 is 7.14 Å². The molecular weight excluding hydrogens is 610 g/mol. The van der Waals surface area contributed by atoms with Gasteiger partial charge in [-0.15, -0.1) is 0 Å². The number of hydrogen-bond acceptors (Lipinski definition) is 8. The summed E-state index contributed by atoms with van der Waals surface area (Å²) >= 11 is 0. The quantitative estimate of drug-likeness (QED) is 0.121. The van der Waals surface area contributed by atoms with Crippen molar-refractivity contribution in [2.45, 2.75) is 50.7 Å². The number of aliphatic hydroxyl groups excluding tert-OH is 1. The Balaban J connectivity index is 0.000000761. The molecule has 0 unspecified atom stereocenters. The van der Waals surface area contributed by atoms with Gasteiger partial charge in [-0.25, -0.2) is 0 Å². The molecule has 0 fully saturated rings. The zero-order valence-corrected chi connectivity index (χ0v) is 28.8. The van der Waals surface area contributed by atoms with Gasteiger partial charge >= 0.3 is 189 Å². The minimum absolute atomic E-state index is 0.0342. The summed E-state index contributed by atoms with van der Waals surface area (Å²) in [6, 6.07) is 23.3. The first-order valence-electron chi connectivity index (χ1n) is 14.9. The van der Waals surface area contributed by atoms with Crippen LogP contribution in [0, 0.1) is 5.92 Å². The van der Waals surface area contributed by atoms with E-state index in [-0.39, 0.29) is 36.0 Å². The van der Waals surface area contributed by atoms with E-state index in [1.54, 1.807) is 13.3 Å². The van der Waals surface area contributed by atoms with Crippen molar-refractivity contribution in [3.63, 3.8) is 0 Å². The van der Waals surface area contributed by atoms with Gasteiger partial charge in [-0.3, -0.25) is 0 Å². The van der Waals surface area contributed by atoms with E-state index in [1.807, 2.05) is 50.2 Å². The number of benzene rings is 3. The van der Waals surface area contributed by atoms with Crippen LogP contribution in [0.1, 0.15) is 31.9 Å². The molecule has 0 spiro atoms. The first kappa shape index (κ1) is 38.1. The second-order valence-corrected chi connectivity index (χ2v) is 16.8. The van der Waals surface area contributed by atoms with Gasteiger partial charge in [0.15, 0.2) is 0 Å². The fraction of sp³-hybridized carbons (Fsp3) is 0.424. The van der Waals surface area contributed by atoms with Crippen molar-refractivity contribution in [2.75, 3.05) is 39.9 Å². The Morgan fingerprint density at radius 1 is 0.956 bits per heavy atom. The summed E-state index contributed by atoms with van der Waals surface area (Å²) in [5, 5.41) is 11.1. The van der Waals surface area contributed by atoms with Gasteiger partial charge in [0, 0.05) is 0 Å². The Labute approximate surface area is 269 Å². The first-order valence-corrected chi connectivity index (χ1v) is 19.1. The number of aliphatic hydroxyl groups is 1. The third-order valence-electron chi connectivity index (χ3n) is 6.58. The molecule has 244 valence electrons. The van der Waals surface area contributed by atoms with Gasteiger partial charge < -0.3 is 4.57 Å². The smallest absolute Gasteiger partial charge is 0.321 e. The molecule has 0 bridgehead atoms. The molecule has 0 radical (unpaired) electrons. The normalized spacial score (nSPS) is 13.2. The van der Waals surface area contributed by atoms with E-state index in [2.05, 4.69) is 36.2 Å². The third-order valence-corrected chi connectivity index (χ3v) is 9.16. The summed E-state index contributed by atoms with van der Waals surface area (Å²) in [6.07, 6.45) is 1.30. The van der Waals surface area contributed by atoms with Gasteiger partial charge in [0.05, 0.1) is 7.11 Å². The number of aliphatic imine (C=N–C) groups is 1. The summed E-state index contributed by atoms with van der Waals surface area (Å²) in [6.45, 7) is 8.99. The summed E-state index contributed by atoms with van der Waals surface area (Å²) in [5.41, 5.74) is 2.31. The van der Waals surface area contributed by atoms with Crippen molar-refractivity contribution in [1.82, 2.24) is 4.31 Å². The summed E-state index contributed by atoms with van der Waals surface area (Å²) in [5.74, 6) is 0.442. The average Bonchev–Trinajstić information content (AvgIpc) is 3.02. The molecular formula is C33H46BN2O7PS.